The first kappa shape index (κ1) is 29.2. The molecule has 0 atom stereocenters. The highest BCUT2D eigenvalue weighted by atomic mass is 16.3. The molecule has 11 rings (SSSR count). The Morgan fingerprint density at radius 3 is 1.98 bits per heavy atom. The van der Waals surface area contributed by atoms with Crippen LogP contribution in [-0.2, 0) is 5.41 Å². The Balaban J connectivity index is 1.25. The first-order valence-electron chi connectivity index (χ1n) is 17.9. The molecule has 2 aromatic heterocycles. The zero-order valence-corrected chi connectivity index (χ0v) is 28.9. The van der Waals surface area contributed by atoms with Crippen LogP contribution in [0.4, 0.5) is 17.1 Å². The third-order valence-corrected chi connectivity index (χ3v) is 11.3. The molecule has 0 unspecified atom stereocenters. The lowest BCUT2D eigenvalue weighted by Gasteiger charge is -2.29. The Hall–Kier alpha value is -6.58. The van der Waals surface area contributed by atoms with E-state index >= 15 is 0 Å². The summed E-state index contributed by atoms with van der Waals surface area (Å²) in [5.74, 6) is 0. The fourth-order valence-corrected chi connectivity index (χ4v) is 8.85. The highest BCUT2D eigenvalue weighted by molar-refractivity contribution is 6.19. The Morgan fingerprint density at radius 2 is 1.10 bits per heavy atom. The Labute approximate surface area is 301 Å². The van der Waals surface area contributed by atoms with Crippen molar-refractivity contribution < 1.29 is 8.83 Å². The Bertz CT molecular complexity index is 3060. The smallest absolute Gasteiger partial charge is 0.145 e. The summed E-state index contributed by atoms with van der Waals surface area (Å²) in [6, 6.07) is 58.7. The average molecular weight is 668 g/mol. The van der Waals surface area contributed by atoms with Gasteiger partial charge in [0.25, 0.3) is 0 Å². The zero-order chi connectivity index (χ0) is 34.6. The standard InChI is InChI=1S/C49H33NO2/c1-49(2)39-20-8-5-17-37(39)46-40(49)21-12-22-41(46)50(31-25-26-35-34-16-6-9-23-43(34)51-45(35)29-31)42-28-27-36(33-19-11-14-30-13-3-4-15-32(30)33)48-47(42)38-18-7-10-24-44(38)52-48/h3-29H,1-2H3. The van der Waals surface area contributed by atoms with Crippen LogP contribution in [0.5, 0.6) is 0 Å². The predicted octanol–water partition coefficient (Wildman–Crippen LogP) is 14.1. The van der Waals surface area contributed by atoms with Crippen LogP contribution < -0.4 is 4.90 Å². The lowest BCUT2D eigenvalue weighted by molar-refractivity contribution is 0.660. The van der Waals surface area contributed by atoms with Crippen LogP contribution in [-0.4, -0.2) is 0 Å². The number of hydrogen-bond donors (Lipinski definition) is 0. The summed E-state index contributed by atoms with van der Waals surface area (Å²) in [4.78, 5) is 2.43. The molecule has 0 amide bonds. The van der Waals surface area contributed by atoms with Gasteiger partial charge in [0.15, 0.2) is 0 Å². The number of para-hydroxylation sites is 2. The maximum absolute atomic E-state index is 6.90. The number of nitrogens with zero attached hydrogens (tertiary/aromatic N) is 1. The SMILES string of the molecule is CC1(C)c2ccccc2-c2c(N(c3ccc4c(c3)oc3ccccc34)c3ccc(-c4cccc5ccccc45)c4oc5ccccc5c34)cccc21. The van der Waals surface area contributed by atoms with Crippen molar-refractivity contribution in [3.63, 3.8) is 0 Å². The molecule has 0 radical (unpaired) electrons. The third-order valence-electron chi connectivity index (χ3n) is 11.3. The van der Waals surface area contributed by atoms with E-state index in [0.29, 0.717) is 0 Å². The molecule has 0 saturated heterocycles. The Morgan fingerprint density at radius 1 is 0.442 bits per heavy atom. The molecule has 0 spiro atoms. The summed E-state index contributed by atoms with van der Waals surface area (Å²) in [5, 5.41) is 6.79. The van der Waals surface area contributed by atoms with Gasteiger partial charge >= 0.3 is 0 Å². The van der Waals surface area contributed by atoms with E-state index in [2.05, 4.69) is 170 Å². The van der Waals surface area contributed by atoms with Crippen molar-refractivity contribution in [3.05, 3.63) is 175 Å². The molecule has 52 heavy (non-hydrogen) atoms. The van der Waals surface area contributed by atoms with Crippen LogP contribution in [0.15, 0.2) is 173 Å². The number of fused-ring (bicyclic) bond motifs is 10. The second-order valence-corrected chi connectivity index (χ2v) is 14.4. The van der Waals surface area contributed by atoms with Crippen molar-refractivity contribution in [1.29, 1.82) is 0 Å². The van der Waals surface area contributed by atoms with Gasteiger partial charge in [0.2, 0.25) is 0 Å². The molecule has 1 aliphatic carbocycles. The van der Waals surface area contributed by atoms with Gasteiger partial charge in [0, 0.05) is 44.5 Å². The lowest BCUT2D eigenvalue weighted by atomic mass is 9.82. The van der Waals surface area contributed by atoms with Gasteiger partial charge < -0.3 is 13.7 Å². The first-order valence-corrected chi connectivity index (χ1v) is 17.9. The topological polar surface area (TPSA) is 29.5 Å². The molecule has 0 saturated carbocycles. The molecule has 0 fully saturated rings. The van der Waals surface area contributed by atoms with E-state index in [1.165, 1.54) is 33.0 Å². The number of furan rings is 2. The largest absolute Gasteiger partial charge is 0.456 e. The predicted molar refractivity (Wildman–Crippen MR) is 216 cm³/mol. The van der Waals surface area contributed by atoms with Crippen LogP contribution in [0.3, 0.4) is 0 Å². The number of hydrogen-bond acceptors (Lipinski definition) is 3. The molecule has 2 heterocycles. The van der Waals surface area contributed by atoms with E-state index in [9.17, 15) is 0 Å². The van der Waals surface area contributed by atoms with Gasteiger partial charge in [-0.1, -0.05) is 129 Å². The minimum Gasteiger partial charge on any atom is -0.456 e. The molecular formula is C49H33NO2. The Kier molecular flexibility index (Phi) is 6.01. The van der Waals surface area contributed by atoms with Crippen LogP contribution in [0.25, 0.3) is 76.9 Å². The van der Waals surface area contributed by atoms with E-state index in [-0.39, 0.29) is 5.41 Å². The minimum absolute atomic E-state index is 0.147. The molecule has 246 valence electrons. The van der Waals surface area contributed by atoms with Gasteiger partial charge in [0.05, 0.1) is 16.8 Å². The molecule has 0 N–H and O–H groups in total. The quantitative estimate of drug-likeness (QED) is 0.187. The van der Waals surface area contributed by atoms with Crippen LogP contribution in [0, 0.1) is 0 Å². The van der Waals surface area contributed by atoms with Crippen LogP contribution in [0.2, 0.25) is 0 Å². The van der Waals surface area contributed by atoms with Gasteiger partial charge in [-0.2, -0.15) is 0 Å². The van der Waals surface area contributed by atoms with Gasteiger partial charge in [-0.3, -0.25) is 0 Å². The summed E-state index contributed by atoms with van der Waals surface area (Å²) >= 11 is 0. The molecule has 1 aliphatic rings. The van der Waals surface area contributed by atoms with Gasteiger partial charge in [-0.05, 0) is 75.5 Å². The average Bonchev–Trinajstić information content (AvgIpc) is 3.83. The summed E-state index contributed by atoms with van der Waals surface area (Å²) in [7, 11) is 0. The highest BCUT2D eigenvalue weighted by Gasteiger charge is 2.38. The van der Waals surface area contributed by atoms with E-state index in [1.807, 2.05) is 12.1 Å². The summed E-state index contributed by atoms with van der Waals surface area (Å²) < 4.78 is 13.4. The second kappa shape index (κ2) is 10.7. The molecule has 3 nitrogen and oxygen atoms in total. The fraction of sp³-hybridized carbons (Fsp3) is 0.0612. The molecule has 0 bridgehead atoms. The molecule has 0 aliphatic heterocycles. The van der Waals surface area contributed by atoms with E-state index in [0.717, 1.165) is 72.1 Å². The van der Waals surface area contributed by atoms with Gasteiger partial charge in [-0.15, -0.1) is 0 Å². The molecule has 10 aromatic rings. The molecular weight excluding hydrogens is 635 g/mol. The minimum atomic E-state index is -0.147. The van der Waals surface area contributed by atoms with Crippen molar-refractivity contribution in [2.75, 3.05) is 4.90 Å². The third kappa shape index (κ3) is 4.02. The van der Waals surface area contributed by atoms with Crippen molar-refractivity contribution in [3.8, 4) is 22.3 Å². The zero-order valence-electron chi connectivity index (χ0n) is 28.9. The monoisotopic (exact) mass is 667 g/mol. The number of anilines is 3. The second-order valence-electron chi connectivity index (χ2n) is 14.4. The van der Waals surface area contributed by atoms with Crippen molar-refractivity contribution in [2.24, 2.45) is 0 Å². The van der Waals surface area contributed by atoms with Gasteiger partial charge in [0.1, 0.15) is 22.3 Å². The van der Waals surface area contributed by atoms with Crippen molar-refractivity contribution >= 4 is 71.7 Å². The fourth-order valence-electron chi connectivity index (χ4n) is 8.85. The normalized spacial score (nSPS) is 13.3. The summed E-state index contributed by atoms with van der Waals surface area (Å²) in [6.45, 7) is 4.68. The van der Waals surface area contributed by atoms with Crippen molar-refractivity contribution in [1.82, 2.24) is 0 Å². The summed E-state index contributed by atoms with van der Waals surface area (Å²) in [5.41, 5.74) is 13.9. The van der Waals surface area contributed by atoms with E-state index in [1.54, 1.807) is 0 Å². The maximum Gasteiger partial charge on any atom is 0.145 e. The van der Waals surface area contributed by atoms with Crippen LogP contribution in [0.1, 0.15) is 25.0 Å². The number of rotatable bonds is 4. The van der Waals surface area contributed by atoms with E-state index < -0.39 is 0 Å². The van der Waals surface area contributed by atoms with Gasteiger partial charge in [-0.25, -0.2) is 0 Å². The highest BCUT2D eigenvalue weighted by Crippen LogP contribution is 2.56. The maximum atomic E-state index is 6.90. The first-order chi connectivity index (χ1) is 25.6. The number of benzene rings is 8. The lowest BCUT2D eigenvalue weighted by Crippen LogP contribution is -2.16. The van der Waals surface area contributed by atoms with Crippen LogP contribution >= 0.6 is 0 Å². The van der Waals surface area contributed by atoms with E-state index in [4.69, 9.17) is 8.83 Å². The molecule has 3 heteroatoms. The van der Waals surface area contributed by atoms with Crippen molar-refractivity contribution in [2.45, 2.75) is 19.3 Å². The summed E-state index contributed by atoms with van der Waals surface area (Å²) in [6.07, 6.45) is 0. The molecule has 8 aromatic carbocycles.